The van der Waals surface area contributed by atoms with Gasteiger partial charge in [-0.05, 0) is 37.1 Å². The summed E-state index contributed by atoms with van der Waals surface area (Å²) < 4.78 is 60.7. The monoisotopic (exact) mass is 380 g/mol. The standard InChI is InChI=1S/C18H18F2N2O3S/c19-12-4-7-16(20)17(9-12)26(23,24)22-13-5-6-14(22)11-15(10-13)25-18-3-1-2-8-21-18/h1-4,7-9,13-15H,5-6,10-11H2. The van der Waals surface area contributed by atoms with Crippen LogP contribution >= 0.6 is 0 Å². The van der Waals surface area contributed by atoms with Crippen LogP contribution in [0.1, 0.15) is 25.7 Å². The highest BCUT2D eigenvalue weighted by atomic mass is 32.2. The third-order valence-corrected chi connectivity index (χ3v) is 7.02. The fraction of sp³-hybridized carbons (Fsp3) is 0.389. The molecule has 2 bridgehead atoms. The zero-order valence-electron chi connectivity index (χ0n) is 13.9. The third kappa shape index (κ3) is 3.07. The first-order valence-corrected chi connectivity index (χ1v) is 9.95. The molecule has 1 aromatic carbocycles. The van der Waals surface area contributed by atoms with Gasteiger partial charge in [-0.15, -0.1) is 0 Å². The fourth-order valence-corrected chi connectivity index (χ4v) is 5.92. The quantitative estimate of drug-likeness (QED) is 0.818. The topological polar surface area (TPSA) is 59.5 Å². The highest BCUT2D eigenvalue weighted by Gasteiger charge is 2.48. The van der Waals surface area contributed by atoms with Gasteiger partial charge in [0.05, 0.1) is 0 Å². The second-order valence-corrected chi connectivity index (χ2v) is 8.49. The van der Waals surface area contributed by atoms with Crippen molar-refractivity contribution in [3.63, 3.8) is 0 Å². The van der Waals surface area contributed by atoms with E-state index in [0.29, 0.717) is 31.6 Å². The molecule has 0 radical (unpaired) electrons. The first-order valence-electron chi connectivity index (χ1n) is 8.51. The molecule has 0 spiro atoms. The lowest BCUT2D eigenvalue weighted by atomic mass is 10.0. The summed E-state index contributed by atoms with van der Waals surface area (Å²) in [6.07, 6.45) is 3.86. The zero-order chi connectivity index (χ0) is 18.3. The van der Waals surface area contributed by atoms with Gasteiger partial charge in [-0.1, -0.05) is 6.07 Å². The smallest absolute Gasteiger partial charge is 0.246 e. The number of benzene rings is 1. The van der Waals surface area contributed by atoms with Crippen molar-refractivity contribution in [1.82, 2.24) is 9.29 Å². The molecule has 8 heteroatoms. The Balaban J connectivity index is 1.57. The number of rotatable bonds is 4. The van der Waals surface area contributed by atoms with Crippen molar-refractivity contribution in [2.24, 2.45) is 0 Å². The van der Waals surface area contributed by atoms with Crippen molar-refractivity contribution in [2.45, 2.75) is 48.8 Å². The number of fused-ring (bicyclic) bond motifs is 2. The zero-order valence-corrected chi connectivity index (χ0v) is 14.7. The number of sulfonamides is 1. The van der Waals surface area contributed by atoms with Crippen molar-refractivity contribution >= 4 is 10.0 Å². The van der Waals surface area contributed by atoms with Gasteiger partial charge in [0.2, 0.25) is 15.9 Å². The van der Waals surface area contributed by atoms with Crippen LogP contribution in [-0.4, -0.2) is 35.9 Å². The molecule has 5 nitrogen and oxygen atoms in total. The SMILES string of the molecule is O=S(=O)(c1cc(F)ccc1F)N1C2CCC1CC(Oc1ccccn1)C2. The summed E-state index contributed by atoms with van der Waals surface area (Å²) in [6.45, 7) is 0. The van der Waals surface area contributed by atoms with E-state index in [0.717, 1.165) is 18.2 Å². The number of aromatic nitrogens is 1. The second-order valence-electron chi connectivity index (χ2n) is 6.67. The number of pyridine rings is 1. The van der Waals surface area contributed by atoms with E-state index in [1.54, 1.807) is 18.3 Å². The van der Waals surface area contributed by atoms with Crippen LogP contribution in [0.4, 0.5) is 8.78 Å². The van der Waals surface area contributed by atoms with Gasteiger partial charge in [0.1, 0.15) is 22.6 Å². The van der Waals surface area contributed by atoms with Crippen LogP contribution in [0.5, 0.6) is 5.88 Å². The molecule has 2 saturated heterocycles. The largest absolute Gasteiger partial charge is 0.474 e. The molecule has 4 rings (SSSR count). The molecule has 138 valence electrons. The van der Waals surface area contributed by atoms with E-state index in [9.17, 15) is 17.2 Å². The Bertz CT molecular complexity index is 894. The molecule has 26 heavy (non-hydrogen) atoms. The predicted octanol–water partition coefficient (Wildman–Crippen LogP) is 3.12. The van der Waals surface area contributed by atoms with Crippen molar-refractivity contribution < 1.29 is 21.9 Å². The van der Waals surface area contributed by atoms with Crippen molar-refractivity contribution in [1.29, 1.82) is 0 Å². The molecule has 2 aliphatic heterocycles. The maximum absolute atomic E-state index is 14.1. The molecule has 2 fully saturated rings. The van der Waals surface area contributed by atoms with E-state index in [4.69, 9.17) is 4.74 Å². The molecule has 0 N–H and O–H groups in total. The Morgan fingerprint density at radius 2 is 1.81 bits per heavy atom. The highest BCUT2D eigenvalue weighted by Crippen LogP contribution is 2.41. The van der Waals surface area contributed by atoms with Crippen molar-refractivity contribution in [2.75, 3.05) is 0 Å². The van der Waals surface area contributed by atoms with Gasteiger partial charge >= 0.3 is 0 Å². The Labute approximate surface area is 150 Å². The van der Waals surface area contributed by atoms with E-state index in [2.05, 4.69) is 4.98 Å². The Hall–Kier alpha value is -2.06. The van der Waals surface area contributed by atoms with E-state index in [1.807, 2.05) is 6.07 Å². The maximum atomic E-state index is 14.1. The summed E-state index contributed by atoms with van der Waals surface area (Å²) in [4.78, 5) is 3.54. The highest BCUT2D eigenvalue weighted by molar-refractivity contribution is 7.89. The molecule has 0 aliphatic carbocycles. The van der Waals surface area contributed by atoms with Crippen LogP contribution in [0, 0.1) is 11.6 Å². The summed E-state index contributed by atoms with van der Waals surface area (Å²) in [6, 6.07) is 7.32. The molecule has 2 unspecified atom stereocenters. The number of ether oxygens (including phenoxy) is 1. The first kappa shape index (κ1) is 17.4. The van der Waals surface area contributed by atoms with Crippen molar-refractivity contribution in [3.05, 3.63) is 54.2 Å². The van der Waals surface area contributed by atoms with Crippen LogP contribution in [0.25, 0.3) is 0 Å². The van der Waals surface area contributed by atoms with Gasteiger partial charge < -0.3 is 4.74 Å². The molecular weight excluding hydrogens is 362 g/mol. The minimum atomic E-state index is -4.10. The lowest BCUT2D eigenvalue weighted by molar-refractivity contribution is 0.0917. The molecule has 1 aromatic heterocycles. The van der Waals surface area contributed by atoms with Crippen LogP contribution in [0.3, 0.4) is 0 Å². The van der Waals surface area contributed by atoms with E-state index in [-0.39, 0.29) is 18.2 Å². The van der Waals surface area contributed by atoms with Crippen LogP contribution in [-0.2, 0) is 10.0 Å². The number of hydrogen-bond acceptors (Lipinski definition) is 4. The minimum Gasteiger partial charge on any atom is -0.474 e. The van der Waals surface area contributed by atoms with Crippen LogP contribution in [0.2, 0.25) is 0 Å². The lowest BCUT2D eigenvalue weighted by Crippen LogP contribution is -2.49. The molecule has 2 atom stereocenters. The number of piperidine rings is 1. The summed E-state index contributed by atoms with van der Waals surface area (Å²) in [7, 11) is -4.10. The molecule has 2 aromatic rings. The Kier molecular flexibility index (Phi) is 4.40. The van der Waals surface area contributed by atoms with E-state index >= 15 is 0 Å². The number of halogens is 2. The van der Waals surface area contributed by atoms with Crippen LogP contribution < -0.4 is 4.74 Å². The lowest BCUT2D eigenvalue weighted by Gasteiger charge is -2.37. The summed E-state index contributed by atoms with van der Waals surface area (Å²) >= 11 is 0. The van der Waals surface area contributed by atoms with Crippen molar-refractivity contribution in [3.8, 4) is 5.88 Å². The third-order valence-electron chi connectivity index (χ3n) is 5.00. The number of hydrogen-bond donors (Lipinski definition) is 0. The summed E-state index contributed by atoms with van der Waals surface area (Å²) in [5, 5.41) is 0. The van der Waals surface area contributed by atoms with Gasteiger partial charge in [-0.2, -0.15) is 4.31 Å². The van der Waals surface area contributed by atoms with Crippen LogP contribution in [0.15, 0.2) is 47.5 Å². The molecule has 3 heterocycles. The Morgan fingerprint density at radius 1 is 1.08 bits per heavy atom. The maximum Gasteiger partial charge on any atom is 0.246 e. The van der Waals surface area contributed by atoms with E-state index < -0.39 is 26.6 Å². The van der Waals surface area contributed by atoms with Gasteiger partial charge in [-0.25, -0.2) is 22.2 Å². The summed E-state index contributed by atoms with van der Waals surface area (Å²) in [5.74, 6) is -1.20. The molecule has 0 saturated carbocycles. The normalized spacial score (nSPS) is 26.0. The first-order chi connectivity index (χ1) is 12.4. The van der Waals surface area contributed by atoms with E-state index in [1.165, 1.54) is 4.31 Å². The predicted molar refractivity (Wildman–Crippen MR) is 90.1 cm³/mol. The summed E-state index contributed by atoms with van der Waals surface area (Å²) in [5.41, 5.74) is 0. The number of nitrogens with zero attached hydrogens (tertiary/aromatic N) is 2. The van der Waals surface area contributed by atoms with Gasteiger partial charge in [0, 0.05) is 37.2 Å². The average molecular weight is 380 g/mol. The van der Waals surface area contributed by atoms with Gasteiger partial charge in [0.25, 0.3) is 0 Å². The van der Waals surface area contributed by atoms with Gasteiger partial charge in [-0.3, -0.25) is 0 Å². The minimum absolute atomic E-state index is 0.147. The van der Waals surface area contributed by atoms with Gasteiger partial charge in [0.15, 0.2) is 0 Å². The second kappa shape index (κ2) is 6.59. The fourth-order valence-electron chi connectivity index (χ4n) is 3.95. The molecule has 0 amide bonds. The molecule has 2 aliphatic rings. The Morgan fingerprint density at radius 3 is 2.46 bits per heavy atom. The average Bonchev–Trinajstić information content (AvgIpc) is 2.90. The molecular formula is C18H18F2N2O3S.